The Bertz CT molecular complexity index is 518. The van der Waals surface area contributed by atoms with Crippen LogP contribution >= 0.6 is 11.9 Å². The minimum Gasteiger partial charge on any atom is -0.313 e. The summed E-state index contributed by atoms with van der Waals surface area (Å²) in [4.78, 5) is 1.29. The van der Waals surface area contributed by atoms with Crippen LogP contribution in [0.4, 0.5) is 4.39 Å². The SMILES string of the molecule is CCNCC1=C(c2ccc(F)cc2)SNC12CCCCC2. The van der Waals surface area contributed by atoms with E-state index in [0.717, 1.165) is 18.7 Å². The van der Waals surface area contributed by atoms with E-state index in [-0.39, 0.29) is 11.4 Å². The fourth-order valence-electron chi connectivity index (χ4n) is 3.38. The maximum atomic E-state index is 13.2. The molecular weight excluding hydrogens is 283 g/mol. The monoisotopic (exact) mass is 306 g/mol. The topological polar surface area (TPSA) is 24.1 Å². The van der Waals surface area contributed by atoms with E-state index >= 15 is 0 Å². The number of hydrogen-bond donors (Lipinski definition) is 2. The summed E-state index contributed by atoms with van der Waals surface area (Å²) in [5, 5.41) is 3.49. The molecule has 0 aromatic heterocycles. The smallest absolute Gasteiger partial charge is 0.123 e. The van der Waals surface area contributed by atoms with Gasteiger partial charge in [0.2, 0.25) is 0 Å². The first kappa shape index (κ1) is 15.1. The van der Waals surface area contributed by atoms with E-state index in [4.69, 9.17) is 0 Å². The molecule has 3 rings (SSSR count). The molecule has 2 N–H and O–H groups in total. The molecule has 0 bridgehead atoms. The van der Waals surface area contributed by atoms with E-state index in [9.17, 15) is 4.39 Å². The highest BCUT2D eigenvalue weighted by Gasteiger charge is 2.41. The summed E-state index contributed by atoms with van der Waals surface area (Å²) < 4.78 is 16.9. The van der Waals surface area contributed by atoms with Gasteiger partial charge < -0.3 is 5.32 Å². The third-order valence-electron chi connectivity index (χ3n) is 4.57. The molecule has 114 valence electrons. The molecule has 2 aliphatic rings. The van der Waals surface area contributed by atoms with Gasteiger partial charge in [-0.1, -0.05) is 38.3 Å². The van der Waals surface area contributed by atoms with Crippen LogP contribution in [0.15, 0.2) is 29.8 Å². The van der Waals surface area contributed by atoms with E-state index in [2.05, 4.69) is 17.0 Å². The molecule has 0 atom stereocenters. The summed E-state index contributed by atoms with van der Waals surface area (Å²) in [5.41, 5.74) is 2.75. The molecule has 1 heterocycles. The van der Waals surface area contributed by atoms with Crippen LogP contribution in [0.2, 0.25) is 0 Å². The Kier molecular flexibility index (Phi) is 4.67. The van der Waals surface area contributed by atoms with Crippen molar-refractivity contribution in [1.82, 2.24) is 10.0 Å². The number of benzene rings is 1. The molecule has 1 fully saturated rings. The normalized spacial score (nSPS) is 21.2. The lowest BCUT2D eigenvalue weighted by Gasteiger charge is -2.36. The third kappa shape index (κ3) is 3.03. The van der Waals surface area contributed by atoms with Crippen molar-refractivity contribution in [3.05, 3.63) is 41.2 Å². The number of halogens is 1. The number of likely N-dealkylation sites (N-methyl/N-ethyl adjacent to an activating group) is 1. The zero-order chi connectivity index (χ0) is 14.7. The van der Waals surface area contributed by atoms with Crippen LogP contribution < -0.4 is 10.0 Å². The van der Waals surface area contributed by atoms with E-state index in [1.165, 1.54) is 42.6 Å². The maximum absolute atomic E-state index is 13.2. The fraction of sp³-hybridized carbons (Fsp3) is 0.529. The van der Waals surface area contributed by atoms with Crippen LogP contribution in [0, 0.1) is 5.82 Å². The summed E-state index contributed by atoms with van der Waals surface area (Å²) in [7, 11) is 0. The van der Waals surface area contributed by atoms with Crippen LogP contribution in [-0.2, 0) is 0 Å². The van der Waals surface area contributed by atoms with Crippen LogP contribution in [0.1, 0.15) is 44.6 Å². The molecule has 1 aliphatic heterocycles. The minimum absolute atomic E-state index is 0.148. The maximum Gasteiger partial charge on any atom is 0.123 e. The first-order valence-corrected chi connectivity index (χ1v) is 8.71. The standard InChI is InChI=1S/C17H23FN2S/c1-2-19-12-15-16(13-6-8-14(18)9-7-13)21-20-17(15)10-4-3-5-11-17/h6-9,19-20H,2-5,10-12H2,1H3. The molecule has 0 amide bonds. The molecule has 1 aromatic rings. The van der Waals surface area contributed by atoms with Gasteiger partial charge in [0.25, 0.3) is 0 Å². The highest BCUT2D eigenvalue weighted by atomic mass is 32.2. The summed E-state index contributed by atoms with van der Waals surface area (Å²) in [6.45, 7) is 4.03. The van der Waals surface area contributed by atoms with E-state index < -0.39 is 0 Å². The van der Waals surface area contributed by atoms with Crippen LogP contribution in [0.3, 0.4) is 0 Å². The van der Waals surface area contributed by atoms with Gasteiger partial charge in [0.05, 0.1) is 5.54 Å². The number of hydrogen-bond acceptors (Lipinski definition) is 3. The number of rotatable bonds is 4. The van der Waals surface area contributed by atoms with Crippen molar-refractivity contribution >= 4 is 16.9 Å². The van der Waals surface area contributed by atoms with Gasteiger partial charge in [-0.25, -0.2) is 9.11 Å². The number of nitrogens with one attached hydrogen (secondary N) is 2. The zero-order valence-corrected chi connectivity index (χ0v) is 13.4. The Morgan fingerprint density at radius 1 is 1.19 bits per heavy atom. The Hall–Kier alpha value is -0.840. The van der Waals surface area contributed by atoms with E-state index in [0.29, 0.717) is 0 Å². The lowest BCUT2D eigenvalue weighted by molar-refractivity contribution is 0.321. The van der Waals surface area contributed by atoms with Crippen LogP contribution in [0.25, 0.3) is 4.91 Å². The highest BCUT2D eigenvalue weighted by molar-refractivity contribution is 8.07. The average molecular weight is 306 g/mol. The second-order valence-electron chi connectivity index (χ2n) is 5.94. The van der Waals surface area contributed by atoms with Gasteiger partial charge in [0.15, 0.2) is 0 Å². The van der Waals surface area contributed by atoms with Gasteiger partial charge in [-0.3, -0.25) is 0 Å². The zero-order valence-electron chi connectivity index (χ0n) is 12.5. The van der Waals surface area contributed by atoms with Gasteiger partial charge in [0.1, 0.15) is 5.82 Å². The Morgan fingerprint density at radius 2 is 1.90 bits per heavy atom. The third-order valence-corrected chi connectivity index (χ3v) is 5.74. The summed E-state index contributed by atoms with van der Waals surface area (Å²) in [6.07, 6.45) is 6.35. The summed E-state index contributed by atoms with van der Waals surface area (Å²) >= 11 is 1.73. The predicted molar refractivity (Wildman–Crippen MR) is 88.4 cm³/mol. The van der Waals surface area contributed by atoms with E-state index in [1.54, 1.807) is 24.1 Å². The Labute approximate surface area is 130 Å². The fourth-order valence-corrected chi connectivity index (χ4v) is 4.65. The van der Waals surface area contributed by atoms with E-state index in [1.807, 2.05) is 12.1 Å². The van der Waals surface area contributed by atoms with Gasteiger partial charge in [0, 0.05) is 11.4 Å². The average Bonchev–Trinajstić information content (AvgIpc) is 2.85. The predicted octanol–water partition coefficient (Wildman–Crippen LogP) is 4.10. The lowest BCUT2D eigenvalue weighted by atomic mass is 9.76. The van der Waals surface area contributed by atoms with Gasteiger partial charge in [-0.05, 0) is 54.6 Å². The lowest BCUT2D eigenvalue weighted by Crippen LogP contribution is -2.44. The minimum atomic E-state index is -0.170. The molecular formula is C17H23FN2S. The van der Waals surface area contributed by atoms with Crippen molar-refractivity contribution in [2.45, 2.75) is 44.6 Å². The van der Waals surface area contributed by atoms with Crippen molar-refractivity contribution < 1.29 is 4.39 Å². The van der Waals surface area contributed by atoms with Gasteiger partial charge in [-0.15, -0.1) is 0 Å². The first-order chi connectivity index (χ1) is 10.2. The molecule has 21 heavy (non-hydrogen) atoms. The largest absolute Gasteiger partial charge is 0.313 e. The van der Waals surface area contributed by atoms with Crippen molar-refractivity contribution in [3.63, 3.8) is 0 Å². The molecule has 1 aromatic carbocycles. The van der Waals surface area contributed by atoms with Gasteiger partial charge in [-0.2, -0.15) is 0 Å². The molecule has 4 heteroatoms. The summed E-state index contributed by atoms with van der Waals surface area (Å²) in [5.74, 6) is -0.170. The quantitative estimate of drug-likeness (QED) is 0.819. The molecule has 0 saturated heterocycles. The van der Waals surface area contributed by atoms with Crippen molar-refractivity contribution in [1.29, 1.82) is 0 Å². The van der Waals surface area contributed by atoms with Crippen molar-refractivity contribution in [3.8, 4) is 0 Å². The Balaban J connectivity index is 1.96. The highest BCUT2D eigenvalue weighted by Crippen LogP contribution is 2.47. The molecule has 0 radical (unpaired) electrons. The van der Waals surface area contributed by atoms with Crippen LogP contribution in [-0.4, -0.2) is 18.6 Å². The first-order valence-electron chi connectivity index (χ1n) is 7.89. The summed E-state index contributed by atoms with van der Waals surface area (Å²) in [6, 6.07) is 6.90. The molecule has 1 saturated carbocycles. The van der Waals surface area contributed by atoms with Crippen molar-refractivity contribution in [2.24, 2.45) is 0 Å². The molecule has 2 nitrogen and oxygen atoms in total. The van der Waals surface area contributed by atoms with Crippen LogP contribution in [0.5, 0.6) is 0 Å². The Morgan fingerprint density at radius 3 is 2.57 bits per heavy atom. The molecule has 1 aliphatic carbocycles. The second kappa shape index (κ2) is 6.51. The second-order valence-corrected chi connectivity index (χ2v) is 6.76. The molecule has 0 unspecified atom stereocenters. The van der Waals surface area contributed by atoms with Gasteiger partial charge >= 0.3 is 0 Å². The van der Waals surface area contributed by atoms with Crippen molar-refractivity contribution in [2.75, 3.05) is 13.1 Å². The molecule has 1 spiro atoms.